The number of nitrogens with two attached hydrogens (primary N) is 3. The van der Waals surface area contributed by atoms with Gasteiger partial charge in [-0.2, -0.15) is 0 Å². The van der Waals surface area contributed by atoms with E-state index in [0.29, 0.717) is 39.3 Å². The van der Waals surface area contributed by atoms with Gasteiger partial charge in [-0.3, -0.25) is 33.7 Å². The van der Waals surface area contributed by atoms with Gasteiger partial charge < -0.3 is 31.9 Å². The molecule has 3 rings (SSSR count). The van der Waals surface area contributed by atoms with Gasteiger partial charge in [-0.15, -0.1) is 0 Å². The third kappa shape index (κ3) is 6.22. The molecular weight excluding hydrogens is 446 g/mol. The molecule has 3 aliphatic heterocycles. The van der Waals surface area contributed by atoms with Crippen molar-refractivity contribution < 1.29 is 28.8 Å². The van der Waals surface area contributed by atoms with E-state index in [1.165, 1.54) is 0 Å². The van der Waals surface area contributed by atoms with Crippen LogP contribution in [0, 0.1) is 17.8 Å². The Hall–Kier alpha value is -3.22. The third-order valence-corrected chi connectivity index (χ3v) is 6.91. The molecule has 0 aromatic carbocycles. The van der Waals surface area contributed by atoms with E-state index >= 15 is 0 Å². The number of carbonyl (C=O) groups excluding carboxylic acids is 6. The molecule has 0 aromatic rings. The van der Waals surface area contributed by atoms with Crippen LogP contribution in [0.3, 0.4) is 0 Å². The molecule has 3 saturated heterocycles. The topological polar surface area (TPSA) is 193 Å². The third-order valence-electron chi connectivity index (χ3n) is 6.91. The fraction of sp³-hybridized carbons (Fsp3) is 0.714. The minimum Gasteiger partial charge on any atom is -0.369 e. The van der Waals surface area contributed by atoms with Gasteiger partial charge in [0.15, 0.2) is 0 Å². The molecule has 0 saturated carbocycles. The van der Waals surface area contributed by atoms with Crippen LogP contribution in [0.5, 0.6) is 0 Å². The van der Waals surface area contributed by atoms with E-state index < -0.39 is 35.5 Å². The van der Waals surface area contributed by atoms with Gasteiger partial charge in [0.1, 0.15) is 0 Å². The smallest absolute Gasteiger partial charge is 0.223 e. The number of nitrogens with zero attached hydrogens (tertiary/aromatic N) is 4. The van der Waals surface area contributed by atoms with E-state index in [1.807, 2.05) is 4.90 Å². The molecule has 188 valence electrons. The van der Waals surface area contributed by atoms with Crippen LogP contribution in [0.15, 0.2) is 0 Å². The second kappa shape index (κ2) is 10.8. The second-order valence-electron chi connectivity index (χ2n) is 9.27. The molecule has 0 bridgehead atoms. The van der Waals surface area contributed by atoms with Crippen molar-refractivity contribution in [2.24, 2.45) is 35.0 Å². The van der Waals surface area contributed by atoms with Crippen LogP contribution < -0.4 is 17.2 Å². The van der Waals surface area contributed by atoms with Gasteiger partial charge >= 0.3 is 0 Å². The first-order valence-corrected chi connectivity index (χ1v) is 11.5. The van der Waals surface area contributed by atoms with Crippen molar-refractivity contribution >= 4 is 35.4 Å². The Labute approximate surface area is 197 Å². The van der Waals surface area contributed by atoms with Gasteiger partial charge in [0.25, 0.3) is 0 Å². The van der Waals surface area contributed by atoms with Gasteiger partial charge in [-0.1, -0.05) is 0 Å². The average Bonchev–Trinajstić information content (AvgIpc) is 3.44. The van der Waals surface area contributed by atoms with Crippen molar-refractivity contribution in [1.29, 1.82) is 0 Å². The zero-order valence-corrected chi connectivity index (χ0v) is 19.2. The molecule has 13 nitrogen and oxygen atoms in total. The number of carbonyl (C=O) groups is 6. The highest BCUT2D eigenvalue weighted by Crippen LogP contribution is 2.19. The Balaban J connectivity index is 1.57. The molecule has 3 fully saturated rings. The van der Waals surface area contributed by atoms with E-state index in [4.69, 9.17) is 17.2 Å². The predicted octanol–water partition coefficient (Wildman–Crippen LogP) is -3.71. The van der Waals surface area contributed by atoms with Crippen LogP contribution in [-0.2, 0) is 28.8 Å². The first kappa shape index (κ1) is 25.4. The number of primary amides is 3. The van der Waals surface area contributed by atoms with Crippen LogP contribution in [0.25, 0.3) is 0 Å². The van der Waals surface area contributed by atoms with Gasteiger partial charge in [0.05, 0.1) is 17.8 Å². The van der Waals surface area contributed by atoms with Crippen LogP contribution in [0.2, 0.25) is 0 Å². The van der Waals surface area contributed by atoms with Gasteiger partial charge in [-0.25, -0.2) is 0 Å². The second-order valence-corrected chi connectivity index (χ2v) is 9.27. The van der Waals surface area contributed by atoms with Crippen LogP contribution in [-0.4, -0.2) is 114 Å². The summed E-state index contributed by atoms with van der Waals surface area (Å²) in [5.74, 6) is -3.40. The molecule has 3 atom stereocenters. The fourth-order valence-electron chi connectivity index (χ4n) is 4.66. The van der Waals surface area contributed by atoms with E-state index in [9.17, 15) is 28.8 Å². The molecule has 13 heteroatoms. The molecule has 3 heterocycles. The standard InChI is InChI=1S/C21H33N7O6/c22-19(32)13-7-16(29)26(10-13)4-1-25(2-5-27-11-14(20(23)33)8-17(27)30)3-6-28-12-15(21(24)34)9-18(28)31/h13-15H,1-12H2,(H2,22,32)(H2,23,33)(H2,24,34). The Kier molecular flexibility index (Phi) is 8.07. The monoisotopic (exact) mass is 479 g/mol. The van der Waals surface area contributed by atoms with Crippen LogP contribution in [0.1, 0.15) is 19.3 Å². The van der Waals surface area contributed by atoms with Crippen LogP contribution in [0.4, 0.5) is 0 Å². The molecule has 0 aliphatic carbocycles. The molecular formula is C21H33N7O6. The summed E-state index contributed by atoms with van der Waals surface area (Å²) >= 11 is 0. The van der Waals surface area contributed by atoms with E-state index in [0.717, 1.165) is 0 Å². The number of amides is 6. The van der Waals surface area contributed by atoms with Crippen molar-refractivity contribution in [3.63, 3.8) is 0 Å². The first-order chi connectivity index (χ1) is 16.0. The predicted molar refractivity (Wildman–Crippen MR) is 118 cm³/mol. The lowest BCUT2D eigenvalue weighted by molar-refractivity contribution is -0.128. The SMILES string of the molecule is NC(=O)C1CC(=O)N(CCN(CCN2CC(C(N)=O)CC2=O)CCN2CC(C(N)=O)CC2=O)C1. The summed E-state index contributed by atoms with van der Waals surface area (Å²) < 4.78 is 0. The lowest BCUT2D eigenvalue weighted by Gasteiger charge is -2.29. The van der Waals surface area contributed by atoms with Gasteiger partial charge in [0.2, 0.25) is 35.4 Å². The minimum atomic E-state index is -0.499. The highest BCUT2D eigenvalue weighted by Gasteiger charge is 2.35. The summed E-state index contributed by atoms with van der Waals surface area (Å²) in [6.07, 6.45) is 0.300. The van der Waals surface area contributed by atoms with Crippen molar-refractivity contribution in [1.82, 2.24) is 19.6 Å². The van der Waals surface area contributed by atoms with Crippen LogP contribution >= 0.6 is 0 Å². The number of hydrogen-bond donors (Lipinski definition) is 3. The summed E-state index contributed by atoms with van der Waals surface area (Å²) in [6, 6.07) is 0. The summed E-state index contributed by atoms with van der Waals surface area (Å²) in [5.41, 5.74) is 16.0. The summed E-state index contributed by atoms with van der Waals surface area (Å²) in [4.78, 5) is 77.8. The van der Waals surface area contributed by atoms with Gasteiger partial charge in [0, 0.05) is 78.2 Å². The Bertz CT molecular complexity index is 755. The Morgan fingerprint density at radius 2 is 0.882 bits per heavy atom. The largest absolute Gasteiger partial charge is 0.369 e. The lowest BCUT2D eigenvalue weighted by atomic mass is 10.1. The van der Waals surface area contributed by atoms with E-state index in [1.54, 1.807) is 14.7 Å². The highest BCUT2D eigenvalue weighted by molar-refractivity contribution is 5.89. The molecule has 0 spiro atoms. The lowest BCUT2D eigenvalue weighted by Crippen LogP contribution is -2.44. The van der Waals surface area contributed by atoms with E-state index in [2.05, 4.69) is 0 Å². The molecule has 6 N–H and O–H groups in total. The van der Waals surface area contributed by atoms with Crippen molar-refractivity contribution in [3.05, 3.63) is 0 Å². The zero-order valence-electron chi connectivity index (χ0n) is 19.2. The highest BCUT2D eigenvalue weighted by atomic mass is 16.2. The minimum absolute atomic E-state index is 0.100. The molecule has 3 unspecified atom stereocenters. The summed E-state index contributed by atoms with van der Waals surface area (Å²) in [6.45, 7) is 3.32. The summed E-state index contributed by atoms with van der Waals surface area (Å²) in [5, 5.41) is 0. The molecule has 6 amide bonds. The number of hydrogen-bond acceptors (Lipinski definition) is 7. The maximum atomic E-state index is 12.2. The molecule has 34 heavy (non-hydrogen) atoms. The van der Waals surface area contributed by atoms with Gasteiger partial charge in [-0.05, 0) is 0 Å². The fourth-order valence-corrected chi connectivity index (χ4v) is 4.66. The molecule has 3 aliphatic rings. The Morgan fingerprint density at radius 3 is 1.09 bits per heavy atom. The number of likely N-dealkylation sites (tertiary alicyclic amines) is 3. The van der Waals surface area contributed by atoms with E-state index in [-0.39, 0.29) is 56.6 Å². The summed E-state index contributed by atoms with van der Waals surface area (Å²) in [7, 11) is 0. The maximum absolute atomic E-state index is 12.2. The van der Waals surface area contributed by atoms with Crippen molar-refractivity contribution in [2.75, 3.05) is 58.9 Å². The molecule has 0 radical (unpaired) electrons. The zero-order chi connectivity index (χ0) is 25.0. The van der Waals surface area contributed by atoms with Crippen molar-refractivity contribution in [3.8, 4) is 0 Å². The molecule has 0 aromatic heterocycles. The van der Waals surface area contributed by atoms with Crippen molar-refractivity contribution in [2.45, 2.75) is 19.3 Å². The quantitative estimate of drug-likeness (QED) is 0.256. The average molecular weight is 480 g/mol. The first-order valence-electron chi connectivity index (χ1n) is 11.5. The normalized spacial score (nSPS) is 25.1. The Morgan fingerprint density at radius 1 is 0.618 bits per heavy atom. The number of rotatable bonds is 12. The maximum Gasteiger partial charge on any atom is 0.223 e.